The number of rotatable bonds is 5. The molecule has 130 valence electrons. The number of anilines is 1. The van der Waals surface area contributed by atoms with E-state index in [1.807, 2.05) is 32.0 Å². The SMILES string of the molecule is COc1cc(C)c(C(C)C)cc1S(=O)(=O)N(C)c1ccccc1C. The van der Waals surface area contributed by atoms with Crippen molar-refractivity contribution >= 4 is 15.7 Å². The first-order valence-corrected chi connectivity index (χ1v) is 9.37. The molecule has 0 saturated heterocycles. The fourth-order valence-electron chi connectivity index (χ4n) is 2.85. The van der Waals surface area contributed by atoms with E-state index >= 15 is 0 Å². The topological polar surface area (TPSA) is 46.6 Å². The van der Waals surface area contributed by atoms with Crippen molar-refractivity contribution in [1.82, 2.24) is 0 Å². The second kappa shape index (κ2) is 6.85. The molecule has 0 atom stereocenters. The summed E-state index contributed by atoms with van der Waals surface area (Å²) in [5.74, 6) is 0.603. The predicted molar refractivity (Wildman–Crippen MR) is 98.6 cm³/mol. The first-order chi connectivity index (χ1) is 11.2. The minimum atomic E-state index is -3.72. The van der Waals surface area contributed by atoms with Gasteiger partial charge in [0.1, 0.15) is 10.6 Å². The maximum atomic E-state index is 13.2. The molecule has 2 rings (SSSR count). The smallest absolute Gasteiger partial charge is 0.267 e. The molecule has 2 aromatic carbocycles. The molecule has 0 amide bonds. The van der Waals surface area contributed by atoms with E-state index in [0.29, 0.717) is 11.4 Å². The molecule has 0 saturated carbocycles. The molecule has 0 aliphatic heterocycles. The lowest BCUT2D eigenvalue weighted by Crippen LogP contribution is -2.27. The highest BCUT2D eigenvalue weighted by Gasteiger charge is 2.27. The molecule has 4 nitrogen and oxygen atoms in total. The molecule has 0 unspecified atom stereocenters. The largest absolute Gasteiger partial charge is 0.495 e. The Morgan fingerprint density at radius 3 is 2.21 bits per heavy atom. The number of ether oxygens (including phenoxy) is 1. The third-order valence-corrected chi connectivity index (χ3v) is 6.06. The molecule has 0 fully saturated rings. The second-order valence-electron chi connectivity index (χ2n) is 6.27. The standard InChI is InChI=1S/C19H25NO3S/c1-13(2)16-12-19(18(23-6)11-15(16)4)24(21,22)20(5)17-10-8-7-9-14(17)3/h7-13H,1-6H3. The molecule has 24 heavy (non-hydrogen) atoms. The van der Waals surface area contributed by atoms with Gasteiger partial charge in [-0.2, -0.15) is 0 Å². The van der Waals surface area contributed by atoms with Gasteiger partial charge in [0.2, 0.25) is 0 Å². The van der Waals surface area contributed by atoms with Crippen LogP contribution in [0, 0.1) is 13.8 Å². The van der Waals surface area contributed by atoms with Crippen LogP contribution in [0.3, 0.4) is 0 Å². The molecular formula is C19H25NO3S. The van der Waals surface area contributed by atoms with Crippen LogP contribution in [0.15, 0.2) is 41.3 Å². The van der Waals surface area contributed by atoms with E-state index in [2.05, 4.69) is 13.8 Å². The van der Waals surface area contributed by atoms with E-state index in [9.17, 15) is 8.42 Å². The fourth-order valence-corrected chi connectivity index (χ4v) is 4.29. The first-order valence-electron chi connectivity index (χ1n) is 7.93. The van der Waals surface area contributed by atoms with Gasteiger partial charge in [0.15, 0.2) is 0 Å². The zero-order valence-corrected chi connectivity index (χ0v) is 15.9. The van der Waals surface area contributed by atoms with E-state index in [0.717, 1.165) is 16.7 Å². The van der Waals surface area contributed by atoms with E-state index in [1.54, 1.807) is 25.2 Å². The van der Waals surface area contributed by atoms with Crippen LogP contribution in [-0.2, 0) is 10.0 Å². The van der Waals surface area contributed by atoms with Crippen LogP contribution >= 0.6 is 0 Å². The first kappa shape index (κ1) is 18.3. The minimum Gasteiger partial charge on any atom is -0.495 e. The summed E-state index contributed by atoms with van der Waals surface area (Å²) in [7, 11) is -0.650. The number of aryl methyl sites for hydroxylation is 2. The van der Waals surface area contributed by atoms with Crippen LogP contribution in [0.1, 0.15) is 36.5 Å². The molecule has 2 aromatic rings. The van der Waals surface area contributed by atoms with Gasteiger partial charge in [0.25, 0.3) is 10.0 Å². The van der Waals surface area contributed by atoms with E-state index in [-0.39, 0.29) is 10.8 Å². The second-order valence-corrected chi connectivity index (χ2v) is 8.21. The summed E-state index contributed by atoms with van der Waals surface area (Å²) < 4.78 is 33.1. The minimum absolute atomic E-state index is 0.199. The summed E-state index contributed by atoms with van der Waals surface area (Å²) in [6.45, 7) is 7.97. The van der Waals surface area contributed by atoms with Gasteiger partial charge in [-0.1, -0.05) is 32.0 Å². The quantitative estimate of drug-likeness (QED) is 0.812. The van der Waals surface area contributed by atoms with Crippen molar-refractivity contribution in [2.24, 2.45) is 0 Å². The van der Waals surface area contributed by atoms with Gasteiger partial charge in [-0.05, 0) is 54.7 Å². The van der Waals surface area contributed by atoms with Gasteiger partial charge in [-0.15, -0.1) is 0 Å². The summed E-state index contributed by atoms with van der Waals surface area (Å²) in [5, 5.41) is 0. The highest BCUT2D eigenvalue weighted by atomic mass is 32.2. The van der Waals surface area contributed by atoms with Gasteiger partial charge in [-0.25, -0.2) is 8.42 Å². The van der Waals surface area contributed by atoms with Crippen molar-refractivity contribution < 1.29 is 13.2 Å². The van der Waals surface area contributed by atoms with Gasteiger partial charge >= 0.3 is 0 Å². The van der Waals surface area contributed by atoms with Crippen LogP contribution in [0.2, 0.25) is 0 Å². The van der Waals surface area contributed by atoms with Gasteiger partial charge < -0.3 is 4.74 Å². The number of sulfonamides is 1. The number of benzene rings is 2. The van der Waals surface area contributed by atoms with Crippen LogP contribution in [0.4, 0.5) is 5.69 Å². The summed E-state index contributed by atoms with van der Waals surface area (Å²) in [6, 6.07) is 11.0. The number of hydrogen-bond acceptors (Lipinski definition) is 3. The highest BCUT2D eigenvalue weighted by molar-refractivity contribution is 7.93. The average molecular weight is 347 g/mol. The molecule has 0 radical (unpaired) electrons. The van der Waals surface area contributed by atoms with Gasteiger partial charge in [0.05, 0.1) is 12.8 Å². The zero-order chi connectivity index (χ0) is 18.1. The van der Waals surface area contributed by atoms with E-state index in [4.69, 9.17) is 4.74 Å². The van der Waals surface area contributed by atoms with Gasteiger partial charge in [0, 0.05) is 7.05 Å². The molecule has 0 aliphatic rings. The van der Waals surface area contributed by atoms with Crippen molar-refractivity contribution in [3.63, 3.8) is 0 Å². The summed E-state index contributed by atoms with van der Waals surface area (Å²) in [5.41, 5.74) is 3.59. The molecular weight excluding hydrogens is 322 g/mol. The normalized spacial score (nSPS) is 11.6. The Morgan fingerprint density at radius 1 is 1.04 bits per heavy atom. The molecule has 0 spiro atoms. The summed E-state index contributed by atoms with van der Waals surface area (Å²) >= 11 is 0. The Kier molecular flexibility index (Phi) is 5.23. The monoisotopic (exact) mass is 347 g/mol. The van der Waals surface area contributed by atoms with Crippen LogP contribution in [-0.4, -0.2) is 22.6 Å². The predicted octanol–water partition coefficient (Wildman–Crippen LogP) is 4.26. The molecule has 0 aliphatic carbocycles. The summed E-state index contributed by atoms with van der Waals surface area (Å²) in [6.07, 6.45) is 0. The number of methoxy groups -OCH3 is 1. The van der Waals surface area contributed by atoms with Crippen LogP contribution in [0.25, 0.3) is 0 Å². The Hall–Kier alpha value is -2.01. The molecule has 0 heterocycles. The zero-order valence-electron chi connectivity index (χ0n) is 15.1. The van der Waals surface area contributed by atoms with Crippen LogP contribution in [0.5, 0.6) is 5.75 Å². The van der Waals surface area contributed by atoms with Crippen LogP contribution < -0.4 is 9.04 Å². The maximum Gasteiger partial charge on any atom is 0.267 e. The molecule has 0 N–H and O–H groups in total. The Bertz CT molecular complexity index is 842. The van der Waals surface area contributed by atoms with Crippen molar-refractivity contribution in [1.29, 1.82) is 0 Å². The van der Waals surface area contributed by atoms with E-state index in [1.165, 1.54) is 11.4 Å². The maximum absolute atomic E-state index is 13.2. The van der Waals surface area contributed by atoms with Crippen molar-refractivity contribution in [2.75, 3.05) is 18.5 Å². The lowest BCUT2D eigenvalue weighted by Gasteiger charge is -2.24. The average Bonchev–Trinajstić information content (AvgIpc) is 2.53. The third kappa shape index (κ3) is 3.26. The number of hydrogen-bond donors (Lipinski definition) is 0. The molecule has 0 bridgehead atoms. The van der Waals surface area contributed by atoms with Crippen molar-refractivity contribution in [3.8, 4) is 5.75 Å². The number of para-hydroxylation sites is 1. The van der Waals surface area contributed by atoms with Crippen molar-refractivity contribution in [3.05, 3.63) is 53.1 Å². The van der Waals surface area contributed by atoms with Crippen molar-refractivity contribution in [2.45, 2.75) is 38.5 Å². The Labute approximate surface area is 145 Å². The lowest BCUT2D eigenvalue weighted by molar-refractivity contribution is 0.402. The third-order valence-electron chi connectivity index (χ3n) is 4.27. The Morgan fingerprint density at radius 2 is 1.67 bits per heavy atom. The van der Waals surface area contributed by atoms with Gasteiger partial charge in [-0.3, -0.25) is 4.31 Å². The molecule has 0 aromatic heterocycles. The highest BCUT2D eigenvalue weighted by Crippen LogP contribution is 2.34. The lowest BCUT2D eigenvalue weighted by atomic mass is 9.98. The molecule has 5 heteroatoms. The van der Waals surface area contributed by atoms with E-state index < -0.39 is 10.0 Å². The summed E-state index contributed by atoms with van der Waals surface area (Å²) in [4.78, 5) is 0.199. The number of nitrogens with zero attached hydrogens (tertiary/aromatic N) is 1. The fraction of sp³-hybridized carbons (Fsp3) is 0.368. The Balaban J connectivity index is 2.64.